The van der Waals surface area contributed by atoms with E-state index in [0.29, 0.717) is 27.5 Å². The number of Topliss-reactive ketones (excluding diaryl/α,β-unsaturated/α-hetero) is 1. The summed E-state index contributed by atoms with van der Waals surface area (Å²) < 4.78 is 14.2. The van der Waals surface area contributed by atoms with Crippen LogP contribution in [-0.2, 0) is 0 Å². The van der Waals surface area contributed by atoms with E-state index in [9.17, 15) is 9.18 Å². The summed E-state index contributed by atoms with van der Waals surface area (Å²) in [5.74, 6) is -0.457. The molecule has 0 saturated heterocycles. The van der Waals surface area contributed by atoms with Crippen molar-refractivity contribution in [2.75, 3.05) is 0 Å². The Labute approximate surface area is 131 Å². The van der Waals surface area contributed by atoms with Crippen molar-refractivity contribution < 1.29 is 9.18 Å². The minimum absolute atomic E-state index is 0.0960. The van der Waals surface area contributed by atoms with Gasteiger partial charge in [-0.25, -0.2) is 4.39 Å². The number of carbonyl (C=O) groups is 1. The highest BCUT2D eigenvalue weighted by Gasteiger charge is 2.39. The van der Waals surface area contributed by atoms with Crippen LogP contribution in [0.4, 0.5) is 4.39 Å². The van der Waals surface area contributed by atoms with E-state index in [1.807, 2.05) is 18.2 Å². The molecule has 0 radical (unpaired) electrons. The summed E-state index contributed by atoms with van der Waals surface area (Å²) in [7, 11) is 0. The molecule has 5 heteroatoms. The second-order valence-corrected chi connectivity index (χ2v) is 5.62. The number of nitrogens with one attached hydrogen (secondary N) is 2. The summed E-state index contributed by atoms with van der Waals surface area (Å²) in [6.45, 7) is 0. The smallest absolute Gasteiger partial charge is 0.194 e. The highest BCUT2D eigenvalue weighted by atomic mass is 32.1. The van der Waals surface area contributed by atoms with E-state index in [4.69, 9.17) is 12.2 Å². The topological polar surface area (TPSA) is 41.1 Å². The zero-order valence-corrected chi connectivity index (χ0v) is 12.2. The van der Waals surface area contributed by atoms with Crippen molar-refractivity contribution in [1.29, 1.82) is 0 Å². The largest absolute Gasteiger partial charge is 0.351 e. The SMILES string of the molecule is O=C1C2=C(NC(=S)N[C@@H]2c2ccccc2F)c2ccccc21. The van der Waals surface area contributed by atoms with Gasteiger partial charge in [0.05, 0.1) is 17.3 Å². The fourth-order valence-corrected chi connectivity index (χ4v) is 3.23. The molecule has 2 aromatic rings. The lowest BCUT2D eigenvalue weighted by Crippen LogP contribution is -2.43. The van der Waals surface area contributed by atoms with Gasteiger partial charge >= 0.3 is 0 Å². The fraction of sp³-hybridized carbons (Fsp3) is 0.0588. The molecule has 2 aliphatic rings. The summed E-state index contributed by atoms with van der Waals surface area (Å²) in [5, 5.41) is 6.44. The van der Waals surface area contributed by atoms with Gasteiger partial charge in [-0.3, -0.25) is 4.79 Å². The summed E-state index contributed by atoms with van der Waals surface area (Å²) in [4.78, 5) is 12.7. The van der Waals surface area contributed by atoms with Gasteiger partial charge in [0, 0.05) is 16.7 Å². The lowest BCUT2D eigenvalue weighted by atomic mass is 9.94. The van der Waals surface area contributed by atoms with Crippen molar-refractivity contribution >= 4 is 28.8 Å². The standard InChI is InChI=1S/C17H11FN2OS/c18-12-8-4-3-7-11(12)15-13-14(19-17(22)20-15)9-5-1-2-6-10(9)16(13)21/h1-8,15H,(H2,19,20,22)/t15-/m1/s1. The first-order chi connectivity index (χ1) is 10.7. The van der Waals surface area contributed by atoms with Crippen LogP contribution in [0.3, 0.4) is 0 Å². The maximum absolute atomic E-state index is 14.2. The molecule has 1 atom stereocenters. The van der Waals surface area contributed by atoms with Crippen molar-refractivity contribution in [3.8, 4) is 0 Å². The zero-order chi connectivity index (χ0) is 15.3. The average molecular weight is 310 g/mol. The Bertz CT molecular complexity index is 859. The molecule has 0 bridgehead atoms. The van der Waals surface area contributed by atoms with Crippen molar-refractivity contribution in [3.05, 3.63) is 76.6 Å². The van der Waals surface area contributed by atoms with Gasteiger partial charge < -0.3 is 10.6 Å². The minimum atomic E-state index is -0.579. The van der Waals surface area contributed by atoms with E-state index >= 15 is 0 Å². The molecule has 22 heavy (non-hydrogen) atoms. The van der Waals surface area contributed by atoms with Crippen LogP contribution in [0.2, 0.25) is 0 Å². The molecule has 3 nitrogen and oxygen atoms in total. The molecule has 0 fully saturated rings. The van der Waals surface area contributed by atoms with Gasteiger partial charge in [0.2, 0.25) is 0 Å². The Morgan fingerprint density at radius 2 is 1.68 bits per heavy atom. The molecule has 1 aliphatic heterocycles. The number of ketones is 1. The van der Waals surface area contributed by atoms with Crippen LogP contribution in [0, 0.1) is 5.82 Å². The maximum Gasteiger partial charge on any atom is 0.194 e. The molecule has 1 heterocycles. The van der Waals surface area contributed by atoms with Crippen LogP contribution in [0.1, 0.15) is 27.5 Å². The van der Waals surface area contributed by atoms with E-state index < -0.39 is 6.04 Å². The summed E-state index contributed by atoms with van der Waals surface area (Å²) in [6.07, 6.45) is 0. The molecule has 0 spiro atoms. The number of hydrogen-bond donors (Lipinski definition) is 2. The molecule has 0 unspecified atom stereocenters. The number of halogens is 1. The molecule has 4 rings (SSSR count). The number of rotatable bonds is 1. The third-order valence-corrected chi connectivity index (χ3v) is 4.19. The number of thiocarbonyl (C=S) groups is 1. The second kappa shape index (κ2) is 4.74. The Kier molecular flexibility index (Phi) is 2.84. The van der Waals surface area contributed by atoms with Gasteiger partial charge in [-0.2, -0.15) is 0 Å². The molecule has 2 N–H and O–H groups in total. The van der Waals surface area contributed by atoms with E-state index in [0.717, 1.165) is 5.56 Å². The van der Waals surface area contributed by atoms with Crippen LogP contribution in [-0.4, -0.2) is 10.9 Å². The quantitative estimate of drug-likeness (QED) is 0.795. The number of benzene rings is 2. The Hall–Kier alpha value is -2.53. The summed E-state index contributed by atoms with van der Waals surface area (Å²) in [6, 6.07) is 13.2. The normalized spacial score (nSPS) is 19.4. The van der Waals surface area contributed by atoms with Crippen LogP contribution in [0.15, 0.2) is 54.1 Å². The van der Waals surface area contributed by atoms with Gasteiger partial charge in [0.25, 0.3) is 0 Å². The Balaban J connectivity index is 1.93. The predicted molar refractivity (Wildman–Crippen MR) is 85.7 cm³/mol. The minimum Gasteiger partial charge on any atom is -0.351 e. The van der Waals surface area contributed by atoms with Gasteiger partial charge in [-0.05, 0) is 18.3 Å². The molecule has 2 aromatic carbocycles. The van der Waals surface area contributed by atoms with Crippen molar-refractivity contribution in [2.45, 2.75) is 6.04 Å². The van der Waals surface area contributed by atoms with E-state index in [-0.39, 0.29) is 11.6 Å². The van der Waals surface area contributed by atoms with Crippen molar-refractivity contribution in [3.63, 3.8) is 0 Å². The maximum atomic E-state index is 14.2. The first kappa shape index (κ1) is 13.2. The first-order valence-corrected chi connectivity index (χ1v) is 7.28. The summed E-state index contributed by atoms with van der Waals surface area (Å²) >= 11 is 5.23. The molecule has 108 valence electrons. The highest BCUT2D eigenvalue weighted by molar-refractivity contribution is 7.80. The molecular formula is C17H11FN2OS. The predicted octanol–water partition coefficient (Wildman–Crippen LogP) is 2.95. The Morgan fingerprint density at radius 1 is 1.00 bits per heavy atom. The monoisotopic (exact) mass is 310 g/mol. The lowest BCUT2D eigenvalue weighted by molar-refractivity contribution is 0.103. The van der Waals surface area contributed by atoms with Gasteiger partial charge in [0.1, 0.15) is 5.82 Å². The van der Waals surface area contributed by atoms with Crippen molar-refractivity contribution in [2.24, 2.45) is 0 Å². The van der Waals surface area contributed by atoms with Crippen LogP contribution < -0.4 is 10.6 Å². The number of hydrogen-bond acceptors (Lipinski definition) is 2. The van der Waals surface area contributed by atoms with E-state index in [1.165, 1.54) is 6.07 Å². The van der Waals surface area contributed by atoms with Crippen LogP contribution in [0.5, 0.6) is 0 Å². The third kappa shape index (κ3) is 1.79. The Morgan fingerprint density at radius 3 is 2.45 bits per heavy atom. The molecule has 0 amide bonds. The second-order valence-electron chi connectivity index (χ2n) is 5.22. The lowest BCUT2D eigenvalue weighted by Gasteiger charge is -2.28. The molecular weight excluding hydrogens is 299 g/mol. The van der Waals surface area contributed by atoms with Gasteiger partial charge in [0.15, 0.2) is 10.9 Å². The first-order valence-electron chi connectivity index (χ1n) is 6.87. The molecule has 0 saturated carbocycles. The van der Waals surface area contributed by atoms with E-state index in [1.54, 1.807) is 24.3 Å². The van der Waals surface area contributed by atoms with E-state index in [2.05, 4.69) is 10.6 Å². The van der Waals surface area contributed by atoms with Gasteiger partial charge in [-0.15, -0.1) is 0 Å². The number of fused-ring (bicyclic) bond motifs is 2. The van der Waals surface area contributed by atoms with Crippen LogP contribution in [0.25, 0.3) is 5.70 Å². The zero-order valence-electron chi connectivity index (χ0n) is 11.4. The summed E-state index contributed by atoms with van der Waals surface area (Å²) in [5.41, 5.74) is 3.04. The average Bonchev–Trinajstić information content (AvgIpc) is 2.81. The number of carbonyl (C=O) groups excluding carboxylic acids is 1. The molecule has 0 aromatic heterocycles. The van der Waals surface area contributed by atoms with Crippen molar-refractivity contribution in [1.82, 2.24) is 10.6 Å². The molecule has 1 aliphatic carbocycles. The van der Waals surface area contributed by atoms with Crippen LogP contribution >= 0.6 is 12.2 Å². The fourth-order valence-electron chi connectivity index (χ4n) is 3.01. The van der Waals surface area contributed by atoms with Gasteiger partial charge in [-0.1, -0.05) is 42.5 Å². The third-order valence-electron chi connectivity index (χ3n) is 3.97. The highest BCUT2D eigenvalue weighted by Crippen LogP contribution is 2.40.